The average Bonchev–Trinajstić information content (AvgIpc) is 2.59. The first-order chi connectivity index (χ1) is 12.0. The van der Waals surface area contributed by atoms with Crippen molar-refractivity contribution >= 4 is 5.91 Å². The SMILES string of the molecule is CN(CC(=O)NC[C@@H](O)COc1cccc(F)c1)Cc1ccccc1. The molecule has 1 amide bonds. The Morgan fingerprint density at radius 1 is 1.24 bits per heavy atom. The molecule has 0 unspecified atom stereocenters. The van der Waals surface area contributed by atoms with Crippen LogP contribution in [0.25, 0.3) is 0 Å². The van der Waals surface area contributed by atoms with Gasteiger partial charge in [-0.15, -0.1) is 0 Å². The van der Waals surface area contributed by atoms with E-state index in [0.29, 0.717) is 12.3 Å². The first-order valence-electron chi connectivity index (χ1n) is 8.08. The molecule has 0 saturated carbocycles. The maximum absolute atomic E-state index is 13.0. The standard InChI is InChI=1S/C19H23FN2O3/c1-22(12-15-6-3-2-4-7-15)13-19(24)21-11-17(23)14-25-18-9-5-8-16(20)10-18/h2-10,17,23H,11-14H2,1H3,(H,21,24)/t17-/m1/s1. The van der Waals surface area contributed by atoms with Gasteiger partial charge in [0.25, 0.3) is 0 Å². The maximum Gasteiger partial charge on any atom is 0.234 e. The smallest absolute Gasteiger partial charge is 0.234 e. The van der Waals surface area contributed by atoms with Crippen LogP contribution in [0.15, 0.2) is 54.6 Å². The summed E-state index contributed by atoms with van der Waals surface area (Å²) in [7, 11) is 1.86. The molecule has 2 aromatic rings. The van der Waals surface area contributed by atoms with Gasteiger partial charge in [-0.25, -0.2) is 4.39 Å². The average molecular weight is 346 g/mol. The highest BCUT2D eigenvalue weighted by Gasteiger charge is 2.10. The highest BCUT2D eigenvalue weighted by Crippen LogP contribution is 2.11. The third kappa shape index (κ3) is 7.32. The summed E-state index contributed by atoms with van der Waals surface area (Å²) in [6.07, 6.45) is -0.869. The Morgan fingerprint density at radius 3 is 2.72 bits per heavy atom. The number of aliphatic hydroxyl groups is 1. The summed E-state index contributed by atoms with van der Waals surface area (Å²) >= 11 is 0. The maximum atomic E-state index is 13.0. The van der Waals surface area contributed by atoms with E-state index in [0.717, 1.165) is 5.56 Å². The number of nitrogens with zero attached hydrogens (tertiary/aromatic N) is 1. The minimum Gasteiger partial charge on any atom is -0.491 e. The molecule has 2 rings (SSSR count). The fourth-order valence-corrected chi connectivity index (χ4v) is 2.29. The van der Waals surface area contributed by atoms with Crippen LogP contribution in [0.3, 0.4) is 0 Å². The van der Waals surface area contributed by atoms with Crippen LogP contribution in [0.1, 0.15) is 5.56 Å². The zero-order valence-corrected chi connectivity index (χ0v) is 14.2. The van der Waals surface area contributed by atoms with Crippen molar-refractivity contribution in [2.24, 2.45) is 0 Å². The summed E-state index contributed by atoms with van der Waals surface area (Å²) in [5, 5.41) is 12.5. The number of rotatable bonds is 9. The number of nitrogens with one attached hydrogen (secondary N) is 1. The molecule has 5 nitrogen and oxygen atoms in total. The van der Waals surface area contributed by atoms with Crippen LogP contribution in [0.2, 0.25) is 0 Å². The van der Waals surface area contributed by atoms with E-state index in [1.54, 1.807) is 6.07 Å². The Labute approximate surface area is 147 Å². The van der Waals surface area contributed by atoms with Crippen molar-refractivity contribution in [2.75, 3.05) is 26.7 Å². The Morgan fingerprint density at radius 2 is 2.00 bits per heavy atom. The second kappa shape index (κ2) is 9.76. The predicted molar refractivity (Wildman–Crippen MR) is 93.7 cm³/mol. The van der Waals surface area contributed by atoms with Crippen LogP contribution >= 0.6 is 0 Å². The molecule has 0 aromatic heterocycles. The van der Waals surface area contributed by atoms with E-state index >= 15 is 0 Å². The lowest BCUT2D eigenvalue weighted by atomic mass is 10.2. The van der Waals surface area contributed by atoms with E-state index in [-0.39, 0.29) is 25.6 Å². The summed E-state index contributed by atoms with van der Waals surface area (Å²) < 4.78 is 18.3. The molecule has 0 fully saturated rings. The number of hydrogen-bond acceptors (Lipinski definition) is 4. The number of carbonyl (C=O) groups excluding carboxylic acids is 1. The number of hydrogen-bond donors (Lipinski definition) is 2. The summed E-state index contributed by atoms with van der Waals surface area (Å²) in [5.74, 6) is -0.238. The van der Waals surface area contributed by atoms with Gasteiger partial charge < -0.3 is 15.2 Å². The van der Waals surface area contributed by atoms with E-state index < -0.39 is 11.9 Å². The second-order valence-corrected chi connectivity index (χ2v) is 5.88. The normalized spacial score (nSPS) is 12.0. The molecule has 0 aliphatic heterocycles. The molecule has 0 bridgehead atoms. The van der Waals surface area contributed by atoms with Crippen molar-refractivity contribution in [1.82, 2.24) is 10.2 Å². The lowest BCUT2D eigenvalue weighted by molar-refractivity contribution is -0.122. The highest BCUT2D eigenvalue weighted by molar-refractivity contribution is 5.77. The molecule has 6 heteroatoms. The predicted octanol–water partition coefficient (Wildman–Crippen LogP) is 1.81. The van der Waals surface area contributed by atoms with Crippen LogP contribution in [0.5, 0.6) is 5.75 Å². The minimum atomic E-state index is -0.869. The molecule has 134 valence electrons. The quantitative estimate of drug-likeness (QED) is 0.727. The van der Waals surface area contributed by atoms with E-state index in [1.807, 2.05) is 42.3 Å². The summed E-state index contributed by atoms with van der Waals surface area (Å²) in [4.78, 5) is 13.8. The van der Waals surface area contributed by atoms with Gasteiger partial charge in [0, 0.05) is 19.2 Å². The Hall–Kier alpha value is -2.44. The van der Waals surface area contributed by atoms with Crippen molar-refractivity contribution in [3.63, 3.8) is 0 Å². The molecule has 2 aromatic carbocycles. The first kappa shape index (κ1) is 18.9. The van der Waals surface area contributed by atoms with E-state index in [2.05, 4.69) is 5.32 Å². The molecule has 1 atom stereocenters. The summed E-state index contributed by atoms with van der Waals surface area (Å²) in [6.45, 7) is 0.947. The van der Waals surface area contributed by atoms with Crippen LogP contribution in [0.4, 0.5) is 4.39 Å². The van der Waals surface area contributed by atoms with Crippen molar-refractivity contribution in [2.45, 2.75) is 12.6 Å². The van der Waals surface area contributed by atoms with Crippen LogP contribution in [-0.2, 0) is 11.3 Å². The van der Waals surface area contributed by atoms with Crippen molar-refractivity contribution < 1.29 is 19.0 Å². The van der Waals surface area contributed by atoms with E-state index in [4.69, 9.17) is 4.74 Å². The number of amides is 1. The number of benzene rings is 2. The van der Waals surface area contributed by atoms with Crippen LogP contribution < -0.4 is 10.1 Å². The van der Waals surface area contributed by atoms with Crippen molar-refractivity contribution in [1.29, 1.82) is 0 Å². The van der Waals surface area contributed by atoms with Crippen molar-refractivity contribution in [3.05, 3.63) is 66.0 Å². The molecule has 0 radical (unpaired) electrons. The van der Waals surface area contributed by atoms with E-state index in [1.165, 1.54) is 18.2 Å². The molecular formula is C19H23FN2O3. The third-order valence-corrected chi connectivity index (χ3v) is 3.48. The fraction of sp³-hybridized carbons (Fsp3) is 0.316. The van der Waals surface area contributed by atoms with Gasteiger partial charge in [0.15, 0.2) is 0 Å². The molecule has 0 heterocycles. The van der Waals surface area contributed by atoms with Gasteiger partial charge in [-0.3, -0.25) is 9.69 Å². The molecule has 25 heavy (non-hydrogen) atoms. The third-order valence-electron chi connectivity index (χ3n) is 3.48. The number of aliphatic hydroxyl groups excluding tert-OH is 1. The zero-order chi connectivity index (χ0) is 18.1. The summed E-state index contributed by atoms with van der Waals surface area (Å²) in [6, 6.07) is 15.6. The monoisotopic (exact) mass is 346 g/mol. The van der Waals surface area contributed by atoms with Gasteiger partial charge in [0.05, 0.1) is 6.54 Å². The highest BCUT2D eigenvalue weighted by atomic mass is 19.1. The molecule has 0 spiro atoms. The van der Waals surface area contributed by atoms with Crippen LogP contribution in [-0.4, -0.2) is 48.8 Å². The van der Waals surface area contributed by atoms with E-state index in [9.17, 15) is 14.3 Å². The van der Waals surface area contributed by atoms with Gasteiger partial charge >= 0.3 is 0 Å². The van der Waals surface area contributed by atoms with Crippen LogP contribution in [0, 0.1) is 5.82 Å². The van der Waals surface area contributed by atoms with Gasteiger partial charge in [-0.1, -0.05) is 36.4 Å². The van der Waals surface area contributed by atoms with Gasteiger partial charge in [-0.2, -0.15) is 0 Å². The number of ether oxygens (including phenoxy) is 1. The minimum absolute atomic E-state index is 0.0242. The molecular weight excluding hydrogens is 323 g/mol. The number of carbonyl (C=O) groups is 1. The largest absolute Gasteiger partial charge is 0.491 e. The summed E-state index contributed by atoms with van der Waals surface area (Å²) in [5.41, 5.74) is 1.13. The molecule has 0 aliphatic rings. The van der Waals surface area contributed by atoms with Gasteiger partial charge in [0.1, 0.15) is 24.3 Å². The number of halogens is 1. The Bertz CT molecular complexity index is 667. The molecule has 0 saturated heterocycles. The van der Waals surface area contributed by atoms with Gasteiger partial charge in [-0.05, 0) is 24.7 Å². The van der Waals surface area contributed by atoms with Crippen molar-refractivity contribution in [3.8, 4) is 5.75 Å². The number of likely N-dealkylation sites (N-methyl/N-ethyl adjacent to an activating group) is 1. The Kier molecular flexibility index (Phi) is 7.37. The Balaban J connectivity index is 1.65. The molecule has 2 N–H and O–H groups in total. The topological polar surface area (TPSA) is 61.8 Å². The second-order valence-electron chi connectivity index (χ2n) is 5.88. The lowest BCUT2D eigenvalue weighted by Crippen LogP contribution is -2.40. The van der Waals surface area contributed by atoms with Gasteiger partial charge in [0.2, 0.25) is 5.91 Å². The fourth-order valence-electron chi connectivity index (χ4n) is 2.29. The zero-order valence-electron chi connectivity index (χ0n) is 14.2. The first-order valence-corrected chi connectivity index (χ1v) is 8.08. The lowest BCUT2D eigenvalue weighted by Gasteiger charge is -2.17. The molecule has 0 aliphatic carbocycles.